The highest BCUT2D eigenvalue weighted by atomic mass is 79.9. The van der Waals surface area contributed by atoms with Gasteiger partial charge in [-0.2, -0.15) is 0 Å². The van der Waals surface area contributed by atoms with E-state index in [0.717, 1.165) is 22.1 Å². The molecule has 4 heteroatoms. The van der Waals surface area contributed by atoms with Crippen LogP contribution >= 0.6 is 15.9 Å². The number of hydrogen-bond donors (Lipinski definition) is 1. The lowest BCUT2D eigenvalue weighted by Gasteiger charge is -2.11. The molecule has 0 saturated carbocycles. The minimum atomic E-state index is -0.422. The summed E-state index contributed by atoms with van der Waals surface area (Å²) < 4.78 is 19.7. The molecule has 3 aromatic rings. The van der Waals surface area contributed by atoms with Crippen LogP contribution in [0.1, 0.15) is 28.5 Å². The fourth-order valence-electron chi connectivity index (χ4n) is 2.51. The molecule has 1 aromatic heterocycles. The van der Waals surface area contributed by atoms with Crippen molar-refractivity contribution >= 4 is 26.9 Å². The molecule has 0 radical (unpaired) electrons. The minimum Gasteiger partial charge on any atom is -0.459 e. The second-order valence-corrected chi connectivity index (χ2v) is 6.10. The van der Waals surface area contributed by atoms with Gasteiger partial charge in [-0.05, 0) is 59.6 Å². The number of halogens is 2. The Morgan fingerprint density at radius 2 is 1.90 bits per heavy atom. The van der Waals surface area contributed by atoms with Crippen LogP contribution in [0.4, 0.5) is 4.39 Å². The molecule has 0 aliphatic carbocycles. The first-order chi connectivity index (χ1) is 9.97. The van der Waals surface area contributed by atoms with Crippen molar-refractivity contribution in [2.75, 3.05) is 0 Å². The van der Waals surface area contributed by atoms with Crippen molar-refractivity contribution in [2.45, 2.75) is 19.9 Å². The lowest BCUT2D eigenvalue weighted by molar-refractivity contribution is 0.520. The van der Waals surface area contributed by atoms with Crippen molar-refractivity contribution in [3.8, 4) is 0 Å². The summed E-state index contributed by atoms with van der Waals surface area (Å²) >= 11 is 3.19. The first-order valence-corrected chi connectivity index (χ1v) is 7.47. The zero-order valence-corrected chi connectivity index (χ0v) is 13.4. The van der Waals surface area contributed by atoms with E-state index in [-0.39, 0.29) is 5.82 Å². The quantitative estimate of drug-likeness (QED) is 0.708. The van der Waals surface area contributed by atoms with Crippen LogP contribution in [0.3, 0.4) is 0 Å². The van der Waals surface area contributed by atoms with Crippen LogP contribution in [0.25, 0.3) is 11.0 Å². The van der Waals surface area contributed by atoms with Gasteiger partial charge in [0.1, 0.15) is 17.2 Å². The van der Waals surface area contributed by atoms with Gasteiger partial charge in [0, 0.05) is 10.9 Å². The molecule has 21 heavy (non-hydrogen) atoms. The first-order valence-electron chi connectivity index (χ1n) is 6.67. The van der Waals surface area contributed by atoms with E-state index in [0.29, 0.717) is 10.2 Å². The summed E-state index contributed by atoms with van der Waals surface area (Å²) in [6, 6.07) is 10.4. The highest BCUT2D eigenvalue weighted by Gasteiger charge is 2.19. The van der Waals surface area contributed by atoms with E-state index >= 15 is 0 Å². The van der Waals surface area contributed by atoms with Gasteiger partial charge in [-0.15, -0.1) is 0 Å². The van der Waals surface area contributed by atoms with E-state index in [1.165, 1.54) is 11.6 Å². The van der Waals surface area contributed by atoms with Crippen LogP contribution in [-0.2, 0) is 0 Å². The molecule has 2 N–H and O–H groups in total. The van der Waals surface area contributed by atoms with E-state index in [4.69, 9.17) is 10.2 Å². The van der Waals surface area contributed by atoms with Crippen molar-refractivity contribution < 1.29 is 8.81 Å². The fourth-order valence-corrected chi connectivity index (χ4v) is 2.90. The number of benzene rings is 2. The van der Waals surface area contributed by atoms with E-state index in [2.05, 4.69) is 22.0 Å². The van der Waals surface area contributed by atoms with Gasteiger partial charge in [-0.3, -0.25) is 0 Å². The number of nitrogens with two attached hydrogens (primary N) is 1. The van der Waals surface area contributed by atoms with Crippen LogP contribution in [0, 0.1) is 19.7 Å². The van der Waals surface area contributed by atoms with Gasteiger partial charge in [0.25, 0.3) is 0 Å². The highest BCUT2D eigenvalue weighted by molar-refractivity contribution is 9.10. The second kappa shape index (κ2) is 5.28. The van der Waals surface area contributed by atoms with Gasteiger partial charge < -0.3 is 10.2 Å². The van der Waals surface area contributed by atoms with E-state index < -0.39 is 6.04 Å². The SMILES string of the molecule is Cc1ccc2oc(C(N)c3ccc(F)c(Br)c3)c(C)c2c1. The molecule has 3 rings (SSSR count). The number of fused-ring (bicyclic) bond motifs is 1. The Morgan fingerprint density at radius 3 is 2.62 bits per heavy atom. The van der Waals surface area contributed by atoms with E-state index in [1.807, 2.05) is 26.0 Å². The Kier molecular flexibility index (Phi) is 3.59. The molecule has 0 aliphatic rings. The summed E-state index contributed by atoms with van der Waals surface area (Å²) in [5, 5.41) is 1.07. The molecule has 1 heterocycles. The summed E-state index contributed by atoms with van der Waals surface area (Å²) in [7, 11) is 0. The molecule has 0 spiro atoms. The van der Waals surface area contributed by atoms with Gasteiger partial charge in [0.2, 0.25) is 0 Å². The van der Waals surface area contributed by atoms with Crippen LogP contribution in [0.2, 0.25) is 0 Å². The average molecular weight is 348 g/mol. The molecular weight excluding hydrogens is 333 g/mol. The Hall–Kier alpha value is -1.65. The molecular formula is C17H15BrFNO. The van der Waals surface area contributed by atoms with Crippen LogP contribution in [-0.4, -0.2) is 0 Å². The molecule has 2 aromatic carbocycles. The largest absolute Gasteiger partial charge is 0.459 e. The molecule has 0 bridgehead atoms. The standard InChI is InChI=1S/C17H15BrFNO/c1-9-3-6-15-12(7-9)10(2)17(21-15)16(20)11-4-5-14(19)13(18)8-11/h3-8,16H,20H2,1-2H3. The second-order valence-electron chi connectivity index (χ2n) is 5.24. The van der Waals surface area contributed by atoms with Gasteiger partial charge in [0.05, 0.1) is 10.5 Å². The summed E-state index contributed by atoms with van der Waals surface area (Å²) in [5.74, 6) is 0.414. The number of aryl methyl sites for hydroxylation is 2. The van der Waals surface area contributed by atoms with E-state index in [1.54, 1.807) is 12.1 Å². The van der Waals surface area contributed by atoms with Crippen LogP contribution < -0.4 is 5.73 Å². The van der Waals surface area contributed by atoms with Crippen molar-refractivity contribution in [2.24, 2.45) is 5.73 Å². The van der Waals surface area contributed by atoms with Crippen molar-refractivity contribution in [1.29, 1.82) is 0 Å². The Morgan fingerprint density at radius 1 is 1.14 bits per heavy atom. The average Bonchev–Trinajstić information content (AvgIpc) is 2.78. The van der Waals surface area contributed by atoms with Crippen molar-refractivity contribution in [3.05, 3.63) is 69.1 Å². The predicted molar refractivity (Wildman–Crippen MR) is 85.8 cm³/mol. The Labute approximate surface area is 130 Å². The topological polar surface area (TPSA) is 39.2 Å². The number of hydrogen-bond acceptors (Lipinski definition) is 2. The lowest BCUT2D eigenvalue weighted by atomic mass is 10.0. The Bertz CT molecular complexity index is 825. The lowest BCUT2D eigenvalue weighted by Crippen LogP contribution is -2.12. The number of furan rings is 1. The minimum absolute atomic E-state index is 0.303. The maximum atomic E-state index is 13.3. The third kappa shape index (κ3) is 2.49. The van der Waals surface area contributed by atoms with Crippen molar-refractivity contribution in [3.63, 3.8) is 0 Å². The van der Waals surface area contributed by atoms with Crippen molar-refractivity contribution in [1.82, 2.24) is 0 Å². The molecule has 108 valence electrons. The zero-order valence-electron chi connectivity index (χ0n) is 11.8. The summed E-state index contributed by atoms with van der Waals surface area (Å²) in [5.41, 5.74) is 10.1. The summed E-state index contributed by atoms with van der Waals surface area (Å²) in [4.78, 5) is 0. The zero-order chi connectivity index (χ0) is 15.1. The fraction of sp³-hybridized carbons (Fsp3) is 0.176. The monoisotopic (exact) mass is 347 g/mol. The van der Waals surface area contributed by atoms with Gasteiger partial charge in [0.15, 0.2) is 0 Å². The Balaban J connectivity index is 2.10. The van der Waals surface area contributed by atoms with Gasteiger partial charge in [-0.1, -0.05) is 17.7 Å². The van der Waals surface area contributed by atoms with E-state index in [9.17, 15) is 4.39 Å². The van der Waals surface area contributed by atoms with Crippen LogP contribution in [0.5, 0.6) is 0 Å². The third-order valence-corrected chi connectivity index (χ3v) is 4.32. The molecule has 0 saturated heterocycles. The maximum absolute atomic E-state index is 13.3. The normalized spacial score (nSPS) is 12.8. The number of rotatable bonds is 2. The van der Waals surface area contributed by atoms with Crippen LogP contribution in [0.15, 0.2) is 45.3 Å². The van der Waals surface area contributed by atoms with Gasteiger partial charge in [-0.25, -0.2) is 4.39 Å². The molecule has 0 fully saturated rings. The predicted octanol–water partition coefficient (Wildman–Crippen LogP) is 5.00. The molecule has 1 atom stereocenters. The molecule has 0 aliphatic heterocycles. The summed E-state index contributed by atoms with van der Waals surface area (Å²) in [6.07, 6.45) is 0. The maximum Gasteiger partial charge on any atom is 0.137 e. The molecule has 2 nitrogen and oxygen atoms in total. The van der Waals surface area contributed by atoms with Gasteiger partial charge >= 0.3 is 0 Å². The highest BCUT2D eigenvalue weighted by Crippen LogP contribution is 2.33. The smallest absolute Gasteiger partial charge is 0.137 e. The first kappa shape index (κ1) is 14.3. The molecule has 0 amide bonds. The summed E-state index contributed by atoms with van der Waals surface area (Å²) in [6.45, 7) is 4.04. The third-order valence-electron chi connectivity index (χ3n) is 3.71. The molecule has 1 unspecified atom stereocenters.